The summed E-state index contributed by atoms with van der Waals surface area (Å²) in [4.78, 5) is 202. The third-order valence-electron chi connectivity index (χ3n) is 17.4. The van der Waals surface area contributed by atoms with Crippen molar-refractivity contribution in [3.05, 3.63) is 0 Å². The largest absolute Gasteiger partial charge is 0.370 e. The highest BCUT2D eigenvalue weighted by Gasteiger charge is 2.37. The zero-order valence-electron chi connectivity index (χ0n) is 64.3. The standard InChI is InChI=1S/C67H126N30O12S2/c1-37(28-49(99)38(2)36-111-3)55(105)93-34-44(98)29-39(12-4-20-85-60(69)70)56(106)94-45(16-8-24-89-64(77)78)50(100)30-40(13-5-21-86-61(71)72)57(107)95-46(17-9-25-90-65(79)80)51(101)31-41(14-6-22-87-62(73)74)58(108)96-47(18-10-26-91-66(81)82)52(102)32-42(15-7-23-88-63(75)76)59(109)97-48(19-11-27-92-67(83)84)53(103)33-43(35-110)54(68)104/h37-43,45-48,110H,4-36H2,1-3H3,(H2,68,104)(H,93,105)(H,94,106)(H,95,107)(H,96,108)(H,97,109)(H4,69,70,85)(H4,71,72,86)(H4,73,74,87)(H4,75,76,88)(H4,77,78,89)(H4,79,80,90)(H4,81,82,91)(H4,83,84,92)/t37-,38+,39+,40+,41+,42+,43-,45-,46-,47-,48-/m1/s1. The number of carbonyl (C=O) groups excluding carboxylic acids is 12. The predicted molar refractivity (Wildman–Crippen MR) is 435 cm³/mol. The maximum Gasteiger partial charge on any atom is 0.224 e. The lowest BCUT2D eigenvalue weighted by atomic mass is 9.88. The van der Waals surface area contributed by atoms with Crippen molar-refractivity contribution in [1.82, 2.24) is 26.6 Å². The summed E-state index contributed by atoms with van der Waals surface area (Å²) in [5, 5.41) is 13.7. The number of aliphatic imine (C=N–C) groups is 8. The normalized spacial score (nSPS) is 13.8. The second-order valence-electron chi connectivity index (χ2n) is 27.0. The van der Waals surface area contributed by atoms with Crippen molar-refractivity contribution < 1.29 is 57.5 Å². The minimum absolute atomic E-state index is 0.00353. The van der Waals surface area contributed by atoms with Gasteiger partial charge in [0.25, 0.3) is 0 Å². The first-order valence-electron chi connectivity index (χ1n) is 36.8. The molecule has 0 aromatic heterocycles. The second kappa shape index (κ2) is 57.7. The van der Waals surface area contributed by atoms with Crippen LogP contribution in [0.15, 0.2) is 39.9 Å². The summed E-state index contributed by atoms with van der Waals surface area (Å²) >= 11 is 5.66. The molecule has 44 heteroatoms. The fraction of sp³-hybridized carbons (Fsp3) is 0.701. The van der Waals surface area contributed by atoms with Crippen LogP contribution in [-0.4, -0.2) is 219 Å². The van der Waals surface area contributed by atoms with E-state index in [-0.39, 0.29) is 233 Å². The van der Waals surface area contributed by atoms with E-state index in [2.05, 4.69) is 79.2 Å². The lowest BCUT2D eigenvalue weighted by Gasteiger charge is -2.27. The smallest absolute Gasteiger partial charge is 0.224 e. The van der Waals surface area contributed by atoms with Crippen LogP contribution in [-0.2, 0) is 57.5 Å². The van der Waals surface area contributed by atoms with E-state index >= 15 is 14.4 Å². The molecule has 0 saturated carbocycles. The molecule has 628 valence electrons. The van der Waals surface area contributed by atoms with Crippen LogP contribution in [0.4, 0.5) is 0 Å². The molecule has 0 aliphatic heterocycles. The lowest BCUT2D eigenvalue weighted by Crippen LogP contribution is -2.49. The zero-order chi connectivity index (χ0) is 84.1. The number of Topliss-reactive ketones (excluding diaryl/α,β-unsaturated/α-hetero) is 6. The predicted octanol–water partition coefficient (Wildman–Crippen LogP) is -6.64. The first-order chi connectivity index (χ1) is 52.3. The fourth-order valence-electron chi connectivity index (χ4n) is 11.4. The number of rotatable bonds is 64. The number of ketones is 6. The summed E-state index contributed by atoms with van der Waals surface area (Å²) in [5.74, 6) is -16.4. The molecule has 0 fully saturated rings. The highest BCUT2D eigenvalue weighted by atomic mass is 32.2. The summed E-state index contributed by atoms with van der Waals surface area (Å²) in [6, 6.07) is -5.41. The molecule has 111 heavy (non-hydrogen) atoms. The summed E-state index contributed by atoms with van der Waals surface area (Å²) in [5.41, 5.74) is 95.4. The average Bonchev–Trinajstić information content (AvgIpc) is 0.861. The average molecular weight is 1610 g/mol. The Kier molecular flexibility index (Phi) is 52.4. The van der Waals surface area contributed by atoms with Gasteiger partial charge in [-0.25, -0.2) is 0 Å². The molecule has 0 aliphatic rings. The molecule has 0 aromatic rings. The van der Waals surface area contributed by atoms with E-state index in [0.717, 1.165) is 0 Å². The fourth-order valence-corrected chi connectivity index (χ4v) is 12.3. The van der Waals surface area contributed by atoms with Gasteiger partial charge in [0.1, 0.15) is 5.78 Å². The molecule has 0 heterocycles. The summed E-state index contributed by atoms with van der Waals surface area (Å²) < 4.78 is 0. The molecule has 0 rings (SSSR count). The second-order valence-corrected chi connectivity index (χ2v) is 28.3. The molecule has 11 atom stereocenters. The Balaban J connectivity index is 7.92. The van der Waals surface area contributed by atoms with Gasteiger partial charge in [0, 0.05) is 138 Å². The number of nitrogens with one attached hydrogen (secondary N) is 5. The number of nitrogens with zero attached hydrogens (tertiary/aromatic N) is 8. The Morgan fingerprint density at radius 2 is 0.541 bits per heavy atom. The molecule has 0 saturated heterocycles. The van der Waals surface area contributed by atoms with Gasteiger partial charge in [-0.3, -0.25) is 97.5 Å². The molecule has 0 radical (unpaired) electrons. The van der Waals surface area contributed by atoms with Gasteiger partial charge in [-0.05, 0) is 109 Å². The first kappa shape index (κ1) is 101. The van der Waals surface area contributed by atoms with E-state index in [1.807, 2.05) is 6.26 Å². The Morgan fingerprint density at radius 3 is 0.766 bits per heavy atom. The minimum Gasteiger partial charge on any atom is -0.370 e. The van der Waals surface area contributed by atoms with Crippen molar-refractivity contribution in [3.63, 3.8) is 0 Å². The Labute approximate surface area is 658 Å². The SMILES string of the molecule is CSC[C@H](C)C(=O)C[C@@H](C)C(=O)NCC(=O)C[C@H](CCCN=C(N)N)C(=O)N[C@H](CCCN=C(N)N)C(=O)C[C@H](CCCN=C(N)N)C(=O)N[C@H](CCCN=C(N)N)C(=O)C[C@H](CCCN=C(N)N)C(=O)N[C@H](CCCN=C(N)N)C(=O)C[C@H](CCCN=C(N)N)C(=O)N[C@H](CCCN=C(N)N)C(=O)C[C@H](CS)C(N)=O. The number of hydrogen-bond donors (Lipinski definition) is 23. The van der Waals surface area contributed by atoms with Crippen LogP contribution < -0.4 is 124 Å². The van der Waals surface area contributed by atoms with E-state index in [1.54, 1.807) is 13.8 Å². The van der Waals surface area contributed by atoms with Gasteiger partial charge >= 0.3 is 0 Å². The van der Waals surface area contributed by atoms with Crippen LogP contribution in [0.3, 0.4) is 0 Å². The number of thiol groups is 1. The molecule has 39 N–H and O–H groups in total. The van der Waals surface area contributed by atoms with Crippen molar-refractivity contribution in [2.45, 2.75) is 179 Å². The van der Waals surface area contributed by atoms with Crippen molar-refractivity contribution in [2.24, 2.45) is 179 Å². The number of thioether (sulfide) groups is 1. The third-order valence-corrected chi connectivity index (χ3v) is 18.6. The van der Waals surface area contributed by atoms with Crippen LogP contribution in [0, 0.1) is 41.4 Å². The molecular weight excluding hydrogens is 1480 g/mol. The molecule has 42 nitrogen and oxygen atoms in total. The van der Waals surface area contributed by atoms with Gasteiger partial charge < -0.3 is 124 Å². The van der Waals surface area contributed by atoms with E-state index in [9.17, 15) is 43.2 Å². The Bertz CT molecular complexity index is 3230. The van der Waals surface area contributed by atoms with Gasteiger partial charge in [-0.2, -0.15) is 24.4 Å². The molecule has 6 amide bonds. The van der Waals surface area contributed by atoms with Crippen LogP contribution in [0.2, 0.25) is 0 Å². The van der Waals surface area contributed by atoms with Crippen LogP contribution in [0.5, 0.6) is 0 Å². The van der Waals surface area contributed by atoms with Crippen molar-refractivity contribution in [2.75, 3.05) is 76.7 Å². The van der Waals surface area contributed by atoms with Crippen LogP contribution >= 0.6 is 24.4 Å². The minimum atomic E-state index is -1.43. The first-order valence-corrected chi connectivity index (χ1v) is 38.8. The molecule has 0 bridgehead atoms. The van der Waals surface area contributed by atoms with E-state index < -0.39 is 156 Å². The molecular formula is C67H126N30O12S2. The van der Waals surface area contributed by atoms with Gasteiger partial charge in [0.15, 0.2) is 76.6 Å². The topological polar surface area (TPSA) is 806 Å². The highest BCUT2D eigenvalue weighted by Crippen LogP contribution is 2.24. The lowest BCUT2D eigenvalue weighted by molar-refractivity contribution is -0.136. The summed E-state index contributed by atoms with van der Waals surface area (Å²) in [6.45, 7) is 2.85. The number of guanidine groups is 8. The molecule has 0 aliphatic carbocycles. The van der Waals surface area contributed by atoms with Crippen molar-refractivity contribution >= 4 is 142 Å². The van der Waals surface area contributed by atoms with Gasteiger partial charge in [0.05, 0.1) is 36.6 Å². The maximum absolute atomic E-state index is 15.1. The van der Waals surface area contributed by atoms with E-state index in [4.69, 9.17) is 97.5 Å². The number of amides is 6. The Morgan fingerprint density at radius 1 is 0.306 bits per heavy atom. The third kappa shape index (κ3) is 48.8. The number of primary amides is 1. The number of carbonyl (C=O) groups is 12. The van der Waals surface area contributed by atoms with Gasteiger partial charge in [-0.1, -0.05) is 13.8 Å². The van der Waals surface area contributed by atoms with Gasteiger partial charge in [0.2, 0.25) is 35.4 Å². The molecule has 0 aromatic carbocycles. The Hall–Kier alpha value is -10.3. The summed E-state index contributed by atoms with van der Waals surface area (Å²) in [6.07, 6.45) is -0.354. The van der Waals surface area contributed by atoms with Crippen molar-refractivity contribution in [1.29, 1.82) is 0 Å². The molecule has 0 unspecified atom stereocenters. The monoisotopic (exact) mass is 1610 g/mol. The van der Waals surface area contributed by atoms with Crippen LogP contribution in [0.25, 0.3) is 0 Å². The van der Waals surface area contributed by atoms with Crippen molar-refractivity contribution in [3.8, 4) is 0 Å². The van der Waals surface area contributed by atoms with E-state index in [0.29, 0.717) is 5.75 Å². The van der Waals surface area contributed by atoms with Crippen LogP contribution in [0.1, 0.15) is 155 Å². The number of nitrogens with two attached hydrogens (primary N) is 17. The maximum atomic E-state index is 15.1. The summed E-state index contributed by atoms with van der Waals surface area (Å²) in [7, 11) is 0. The number of hydrogen-bond acceptors (Lipinski definition) is 22. The quantitative estimate of drug-likeness (QED) is 0.0116. The van der Waals surface area contributed by atoms with E-state index in [1.165, 1.54) is 11.8 Å². The van der Waals surface area contributed by atoms with Gasteiger partial charge in [-0.15, -0.1) is 0 Å². The zero-order valence-corrected chi connectivity index (χ0v) is 66.0. The molecule has 0 spiro atoms. The highest BCUT2D eigenvalue weighted by molar-refractivity contribution is 7.98.